The van der Waals surface area contributed by atoms with Crippen molar-refractivity contribution in [2.45, 2.75) is 57.0 Å². The van der Waals surface area contributed by atoms with Crippen molar-refractivity contribution in [2.24, 2.45) is 7.05 Å². The van der Waals surface area contributed by atoms with Gasteiger partial charge in [-0.15, -0.1) is 5.10 Å². The molecule has 0 bridgehead atoms. The SMILES string of the molecule is CN(C)C1CCC(NC(=S)CCCc2nnnn2C)CC1. The van der Waals surface area contributed by atoms with Crippen molar-refractivity contribution in [1.82, 2.24) is 30.4 Å². The molecule has 1 aromatic heterocycles. The second kappa shape index (κ2) is 7.79. The van der Waals surface area contributed by atoms with Crippen LogP contribution in [0.15, 0.2) is 0 Å². The van der Waals surface area contributed by atoms with Gasteiger partial charge in [-0.2, -0.15) is 0 Å². The third-order valence-electron chi connectivity index (χ3n) is 4.30. The minimum atomic E-state index is 0.560. The highest BCUT2D eigenvalue weighted by Crippen LogP contribution is 2.21. The number of thiocarbonyl (C=S) groups is 1. The first-order valence-corrected chi connectivity index (χ1v) is 8.14. The summed E-state index contributed by atoms with van der Waals surface area (Å²) in [7, 11) is 6.21. The molecule has 1 aliphatic carbocycles. The average Bonchev–Trinajstić information content (AvgIpc) is 2.85. The molecule has 7 heteroatoms. The molecule has 0 spiro atoms. The maximum Gasteiger partial charge on any atom is 0.150 e. The highest BCUT2D eigenvalue weighted by atomic mass is 32.1. The van der Waals surface area contributed by atoms with Crippen LogP contribution in [0.2, 0.25) is 0 Å². The zero-order valence-electron chi connectivity index (χ0n) is 13.2. The van der Waals surface area contributed by atoms with E-state index < -0.39 is 0 Å². The first-order chi connectivity index (χ1) is 10.1. The van der Waals surface area contributed by atoms with Gasteiger partial charge in [0.25, 0.3) is 0 Å². The molecule has 0 aliphatic heterocycles. The van der Waals surface area contributed by atoms with Crippen LogP contribution in [0, 0.1) is 0 Å². The molecule has 1 N–H and O–H groups in total. The fourth-order valence-corrected chi connectivity index (χ4v) is 3.21. The Morgan fingerprint density at radius 2 is 2.05 bits per heavy atom. The maximum absolute atomic E-state index is 5.46. The third-order valence-corrected chi connectivity index (χ3v) is 4.63. The van der Waals surface area contributed by atoms with Gasteiger partial charge in [-0.1, -0.05) is 12.2 Å². The van der Waals surface area contributed by atoms with Gasteiger partial charge in [0.05, 0.1) is 4.99 Å². The van der Waals surface area contributed by atoms with Gasteiger partial charge < -0.3 is 10.2 Å². The Balaban J connectivity index is 1.63. The lowest BCUT2D eigenvalue weighted by Crippen LogP contribution is -2.41. The predicted octanol–water partition coefficient (Wildman–Crippen LogP) is 1.32. The van der Waals surface area contributed by atoms with E-state index in [1.165, 1.54) is 25.7 Å². The van der Waals surface area contributed by atoms with Gasteiger partial charge in [-0.25, -0.2) is 4.68 Å². The standard InChI is InChI=1S/C14H26N6S/c1-19(2)12-9-7-11(8-10-12)15-14(21)6-4-5-13-16-17-18-20(13)3/h11-12H,4-10H2,1-3H3,(H,15,21). The first-order valence-electron chi connectivity index (χ1n) is 7.73. The van der Waals surface area contributed by atoms with Crippen molar-refractivity contribution in [3.63, 3.8) is 0 Å². The average molecular weight is 310 g/mol. The van der Waals surface area contributed by atoms with E-state index in [0.29, 0.717) is 6.04 Å². The summed E-state index contributed by atoms with van der Waals surface area (Å²) < 4.78 is 1.72. The quantitative estimate of drug-likeness (QED) is 0.800. The molecule has 0 atom stereocenters. The molecule has 118 valence electrons. The normalized spacial score (nSPS) is 22.5. The third kappa shape index (κ3) is 5.00. The van der Waals surface area contributed by atoms with Crippen molar-refractivity contribution >= 4 is 17.2 Å². The van der Waals surface area contributed by atoms with Crippen LogP contribution in [0.1, 0.15) is 44.3 Å². The van der Waals surface area contributed by atoms with Gasteiger partial charge in [0.15, 0.2) is 5.82 Å². The van der Waals surface area contributed by atoms with Crippen molar-refractivity contribution in [3.8, 4) is 0 Å². The molecular formula is C14H26N6S. The molecule has 1 heterocycles. The predicted molar refractivity (Wildman–Crippen MR) is 87.2 cm³/mol. The molecule has 0 aromatic carbocycles. The fraction of sp³-hybridized carbons (Fsp3) is 0.857. The van der Waals surface area contributed by atoms with Gasteiger partial charge >= 0.3 is 0 Å². The number of nitrogens with one attached hydrogen (secondary N) is 1. The topological polar surface area (TPSA) is 58.9 Å². The summed E-state index contributed by atoms with van der Waals surface area (Å²) in [5.41, 5.74) is 0. The number of aryl methyl sites for hydroxylation is 2. The van der Waals surface area contributed by atoms with E-state index >= 15 is 0 Å². The maximum atomic E-state index is 5.46. The van der Waals surface area contributed by atoms with E-state index in [4.69, 9.17) is 12.2 Å². The molecule has 0 unspecified atom stereocenters. The lowest BCUT2D eigenvalue weighted by atomic mass is 9.90. The van der Waals surface area contributed by atoms with Crippen LogP contribution in [0.5, 0.6) is 0 Å². The van der Waals surface area contributed by atoms with E-state index in [-0.39, 0.29) is 0 Å². The summed E-state index contributed by atoms with van der Waals surface area (Å²) in [6.45, 7) is 0. The van der Waals surface area contributed by atoms with Crippen LogP contribution in [-0.2, 0) is 13.5 Å². The van der Waals surface area contributed by atoms with E-state index in [1.54, 1.807) is 4.68 Å². The lowest BCUT2D eigenvalue weighted by Gasteiger charge is -2.33. The molecule has 2 rings (SSSR count). The van der Waals surface area contributed by atoms with E-state index in [2.05, 4.69) is 39.8 Å². The number of tetrazole rings is 1. The van der Waals surface area contributed by atoms with Crippen molar-refractivity contribution in [1.29, 1.82) is 0 Å². The molecule has 0 radical (unpaired) electrons. The highest BCUT2D eigenvalue weighted by Gasteiger charge is 2.22. The van der Waals surface area contributed by atoms with Crippen molar-refractivity contribution < 1.29 is 0 Å². The van der Waals surface area contributed by atoms with Gasteiger partial charge in [-0.3, -0.25) is 0 Å². The summed E-state index contributed by atoms with van der Waals surface area (Å²) >= 11 is 5.46. The van der Waals surface area contributed by atoms with Crippen LogP contribution >= 0.6 is 12.2 Å². The van der Waals surface area contributed by atoms with Crippen LogP contribution in [0.25, 0.3) is 0 Å². The smallest absolute Gasteiger partial charge is 0.150 e. The van der Waals surface area contributed by atoms with Gasteiger partial charge in [0, 0.05) is 25.6 Å². The molecule has 0 saturated heterocycles. The number of hydrogen-bond acceptors (Lipinski definition) is 5. The highest BCUT2D eigenvalue weighted by molar-refractivity contribution is 7.80. The minimum absolute atomic E-state index is 0.560. The molecule has 21 heavy (non-hydrogen) atoms. The summed E-state index contributed by atoms with van der Waals surface area (Å²) in [6.07, 6.45) is 7.74. The Bertz CT molecular complexity index is 450. The number of aromatic nitrogens is 4. The molecule has 1 fully saturated rings. The number of nitrogens with zero attached hydrogens (tertiary/aromatic N) is 5. The molecule has 1 saturated carbocycles. The second-order valence-corrected chi connectivity index (χ2v) is 6.60. The van der Waals surface area contributed by atoms with Crippen molar-refractivity contribution in [2.75, 3.05) is 14.1 Å². The molecule has 1 aliphatic rings. The molecule has 1 aromatic rings. The zero-order valence-corrected chi connectivity index (χ0v) is 14.1. The lowest BCUT2D eigenvalue weighted by molar-refractivity contribution is 0.211. The van der Waals surface area contributed by atoms with Crippen LogP contribution in [0.4, 0.5) is 0 Å². The Morgan fingerprint density at radius 3 is 2.62 bits per heavy atom. The summed E-state index contributed by atoms with van der Waals surface area (Å²) in [5.74, 6) is 0.921. The minimum Gasteiger partial charge on any atom is -0.377 e. The van der Waals surface area contributed by atoms with Crippen LogP contribution < -0.4 is 5.32 Å². The number of rotatable bonds is 6. The summed E-state index contributed by atoms with van der Waals surface area (Å²) in [4.78, 5) is 3.32. The zero-order chi connectivity index (χ0) is 15.2. The summed E-state index contributed by atoms with van der Waals surface area (Å²) in [6, 6.07) is 1.30. The molecule has 6 nitrogen and oxygen atoms in total. The monoisotopic (exact) mass is 310 g/mol. The second-order valence-electron chi connectivity index (χ2n) is 6.11. The fourth-order valence-electron chi connectivity index (χ4n) is 2.90. The van der Waals surface area contributed by atoms with Gasteiger partial charge in [-0.05, 0) is 63.0 Å². The Morgan fingerprint density at radius 1 is 1.33 bits per heavy atom. The molecular weight excluding hydrogens is 284 g/mol. The largest absolute Gasteiger partial charge is 0.377 e. The van der Waals surface area contributed by atoms with E-state index in [0.717, 1.165) is 36.1 Å². The summed E-state index contributed by atoms with van der Waals surface area (Å²) in [5, 5.41) is 15.0. The van der Waals surface area contributed by atoms with Gasteiger partial charge in [0.1, 0.15) is 0 Å². The van der Waals surface area contributed by atoms with Crippen LogP contribution in [0.3, 0.4) is 0 Å². The van der Waals surface area contributed by atoms with Crippen molar-refractivity contribution in [3.05, 3.63) is 5.82 Å². The Labute approximate surface area is 132 Å². The van der Waals surface area contributed by atoms with Crippen LogP contribution in [-0.4, -0.2) is 56.3 Å². The Kier molecular flexibility index (Phi) is 6.05. The number of hydrogen-bond donors (Lipinski definition) is 1. The molecule has 0 amide bonds. The Hall–Kier alpha value is -1.08. The van der Waals surface area contributed by atoms with Gasteiger partial charge in [0.2, 0.25) is 0 Å². The van der Waals surface area contributed by atoms with E-state index in [1.807, 2.05) is 7.05 Å². The first kappa shape index (κ1) is 16.3. The van der Waals surface area contributed by atoms with E-state index in [9.17, 15) is 0 Å².